The van der Waals surface area contributed by atoms with E-state index >= 15 is 0 Å². The maximum absolute atomic E-state index is 12.9. The number of rotatable bonds is 6. The van der Waals surface area contributed by atoms with Gasteiger partial charge in [-0.05, 0) is 23.3 Å². The van der Waals surface area contributed by atoms with Crippen LogP contribution in [-0.4, -0.2) is 25.2 Å². The monoisotopic (exact) mass is 338 g/mol. The largest absolute Gasteiger partial charge is 0.489 e. The van der Waals surface area contributed by atoms with Gasteiger partial charge in [-0.25, -0.2) is 0 Å². The van der Waals surface area contributed by atoms with Gasteiger partial charge in [0.25, 0.3) is 5.79 Å². The molecule has 0 saturated carbocycles. The second-order valence-corrected chi connectivity index (χ2v) is 5.60. The fourth-order valence-electron chi connectivity index (χ4n) is 2.57. The van der Waals surface area contributed by atoms with Crippen LogP contribution in [0.15, 0.2) is 54.6 Å². The van der Waals surface area contributed by atoms with Gasteiger partial charge in [-0.2, -0.15) is 13.2 Å². The first-order chi connectivity index (χ1) is 11.4. The van der Waals surface area contributed by atoms with E-state index in [0.717, 1.165) is 18.2 Å². The van der Waals surface area contributed by atoms with Crippen molar-refractivity contribution in [2.75, 3.05) is 7.11 Å². The highest BCUT2D eigenvalue weighted by Crippen LogP contribution is 2.51. The van der Waals surface area contributed by atoms with E-state index in [4.69, 9.17) is 9.47 Å². The van der Waals surface area contributed by atoms with Gasteiger partial charge in [-0.15, -0.1) is 0 Å². The Labute approximate surface area is 138 Å². The highest BCUT2D eigenvalue weighted by atomic mass is 19.4. The molecule has 0 radical (unpaired) electrons. The van der Waals surface area contributed by atoms with Crippen molar-refractivity contribution < 1.29 is 27.4 Å². The Balaban J connectivity index is 1.56. The van der Waals surface area contributed by atoms with Gasteiger partial charge >= 0.3 is 6.18 Å². The van der Waals surface area contributed by atoms with E-state index in [1.54, 1.807) is 24.3 Å². The molecule has 1 aliphatic rings. The molecule has 0 bridgehead atoms. The molecule has 1 heterocycles. The molecule has 6 heteroatoms. The van der Waals surface area contributed by atoms with Crippen LogP contribution in [0.2, 0.25) is 0 Å². The molecule has 24 heavy (non-hydrogen) atoms. The average Bonchev–Trinajstić information content (AvgIpc) is 3.29. The Hall–Kier alpha value is -2.05. The van der Waals surface area contributed by atoms with Crippen molar-refractivity contribution in [3.05, 3.63) is 65.7 Å². The number of ether oxygens (including phenoxy) is 3. The third kappa shape index (κ3) is 3.39. The topological polar surface area (TPSA) is 31.0 Å². The lowest BCUT2D eigenvalue weighted by Crippen LogP contribution is -2.37. The standard InChI is InChI=1S/C18H17F3O3/c1-22-17(18(19,20)21)16(24-17)11-13-7-9-15(10-8-13)23-12-14-5-3-2-4-6-14/h2-10,16H,11-12H2,1H3. The highest BCUT2D eigenvalue weighted by molar-refractivity contribution is 5.29. The molecule has 3 nitrogen and oxygen atoms in total. The van der Waals surface area contributed by atoms with E-state index in [9.17, 15) is 13.2 Å². The van der Waals surface area contributed by atoms with Gasteiger partial charge in [0.15, 0.2) is 0 Å². The molecule has 0 aliphatic carbocycles. The van der Waals surface area contributed by atoms with Crippen LogP contribution in [0.5, 0.6) is 5.75 Å². The first-order valence-corrected chi connectivity index (χ1v) is 7.50. The molecular formula is C18H17F3O3. The zero-order valence-electron chi connectivity index (χ0n) is 13.0. The normalized spacial score (nSPS) is 23.1. The lowest BCUT2D eigenvalue weighted by atomic mass is 10.1. The molecule has 0 aromatic heterocycles. The fraction of sp³-hybridized carbons (Fsp3) is 0.333. The lowest BCUT2D eigenvalue weighted by Gasteiger charge is -2.14. The Morgan fingerprint density at radius 1 is 1.00 bits per heavy atom. The summed E-state index contributed by atoms with van der Waals surface area (Å²) < 4.78 is 53.7. The molecule has 2 aromatic rings. The zero-order valence-corrected chi connectivity index (χ0v) is 13.0. The Morgan fingerprint density at radius 2 is 1.67 bits per heavy atom. The third-order valence-corrected chi connectivity index (χ3v) is 3.98. The quantitative estimate of drug-likeness (QED) is 0.743. The summed E-state index contributed by atoms with van der Waals surface area (Å²) in [5.41, 5.74) is 1.78. The predicted octanol–water partition coefficient (Wildman–Crippen LogP) is 4.11. The minimum absolute atomic E-state index is 0.131. The number of epoxide rings is 1. The Kier molecular flexibility index (Phi) is 4.51. The smallest absolute Gasteiger partial charge is 0.446 e. The van der Waals surface area contributed by atoms with Gasteiger partial charge in [0.1, 0.15) is 18.5 Å². The van der Waals surface area contributed by atoms with Crippen LogP contribution in [0.1, 0.15) is 11.1 Å². The summed E-state index contributed by atoms with van der Waals surface area (Å²) in [4.78, 5) is 0. The highest BCUT2D eigenvalue weighted by Gasteiger charge is 2.74. The van der Waals surface area contributed by atoms with Crippen molar-refractivity contribution in [2.45, 2.75) is 31.1 Å². The van der Waals surface area contributed by atoms with Crippen LogP contribution in [0.3, 0.4) is 0 Å². The summed E-state index contributed by atoms with van der Waals surface area (Å²) in [6.45, 7) is 0.437. The Morgan fingerprint density at radius 3 is 2.21 bits per heavy atom. The van der Waals surface area contributed by atoms with Crippen molar-refractivity contribution in [1.29, 1.82) is 0 Å². The van der Waals surface area contributed by atoms with Crippen molar-refractivity contribution in [3.8, 4) is 5.75 Å². The van der Waals surface area contributed by atoms with Gasteiger partial charge in [0, 0.05) is 13.5 Å². The van der Waals surface area contributed by atoms with Gasteiger partial charge < -0.3 is 14.2 Å². The van der Waals surface area contributed by atoms with Crippen molar-refractivity contribution >= 4 is 0 Å². The van der Waals surface area contributed by atoms with E-state index in [1.165, 1.54) is 0 Å². The Bertz CT molecular complexity index is 670. The van der Waals surface area contributed by atoms with Crippen LogP contribution >= 0.6 is 0 Å². The number of alkyl halides is 3. The SMILES string of the molecule is COC1(C(F)(F)F)OC1Cc1ccc(OCc2ccccc2)cc1. The summed E-state index contributed by atoms with van der Waals surface area (Å²) in [6, 6.07) is 16.7. The molecule has 1 saturated heterocycles. The summed E-state index contributed by atoms with van der Waals surface area (Å²) >= 11 is 0. The molecule has 2 aromatic carbocycles. The summed E-state index contributed by atoms with van der Waals surface area (Å²) in [6.07, 6.45) is -5.42. The number of hydrogen-bond acceptors (Lipinski definition) is 3. The van der Waals surface area contributed by atoms with E-state index < -0.39 is 18.1 Å². The van der Waals surface area contributed by atoms with Gasteiger partial charge in [0.2, 0.25) is 0 Å². The average molecular weight is 338 g/mol. The van der Waals surface area contributed by atoms with Crippen LogP contribution in [0.4, 0.5) is 13.2 Å². The molecule has 1 aliphatic heterocycles. The molecule has 0 N–H and O–H groups in total. The molecule has 3 rings (SSSR count). The molecule has 2 atom stereocenters. The number of methoxy groups -OCH3 is 1. The first kappa shape index (κ1) is 16.8. The lowest BCUT2D eigenvalue weighted by molar-refractivity contribution is -0.263. The summed E-state index contributed by atoms with van der Waals surface area (Å²) in [5, 5.41) is 0. The van der Waals surface area contributed by atoms with E-state index in [2.05, 4.69) is 4.74 Å². The van der Waals surface area contributed by atoms with E-state index in [-0.39, 0.29) is 6.42 Å². The van der Waals surface area contributed by atoms with Crippen molar-refractivity contribution in [1.82, 2.24) is 0 Å². The first-order valence-electron chi connectivity index (χ1n) is 7.50. The van der Waals surface area contributed by atoms with Crippen LogP contribution in [-0.2, 0) is 22.5 Å². The zero-order chi connectivity index (χ0) is 17.2. The summed E-state index contributed by atoms with van der Waals surface area (Å²) in [7, 11) is 1.01. The molecule has 2 unspecified atom stereocenters. The predicted molar refractivity (Wildman–Crippen MR) is 81.6 cm³/mol. The maximum Gasteiger partial charge on any atom is 0.446 e. The van der Waals surface area contributed by atoms with Crippen molar-refractivity contribution in [2.24, 2.45) is 0 Å². The molecule has 128 valence electrons. The number of halogens is 3. The van der Waals surface area contributed by atoms with Crippen LogP contribution < -0.4 is 4.74 Å². The number of benzene rings is 2. The molecule has 1 fully saturated rings. The van der Waals surface area contributed by atoms with E-state index in [0.29, 0.717) is 12.4 Å². The van der Waals surface area contributed by atoms with Crippen LogP contribution in [0.25, 0.3) is 0 Å². The third-order valence-electron chi connectivity index (χ3n) is 3.98. The molecular weight excluding hydrogens is 321 g/mol. The molecule has 0 amide bonds. The summed E-state index contributed by atoms with van der Waals surface area (Å²) in [5.74, 6) is -1.80. The second kappa shape index (κ2) is 6.45. The number of hydrogen-bond donors (Lipinski definition) is 0. The second-order valence-electron chi connectivity index (χ2n) is 5.60. The van der Waals surface area contributed by atoms with Crippen molar-refractivity contribution in [3.63, 3.8) is 0 Å². The minimum Gasteiger partial charge on any atom is -0.489 e. The van der Waals surface area contributed by atoms with Gasteiger partial charge in [-0.3, -0.25) is 0 Å². The minimum atomic E-state index is -4.54. The van der Waals surface area contributed by atoms with Gasteiger partial charge in [0.05, 0.1) is 0 Å². The van der Waals surface area contributed by atoms with Crippen LogP contribution in [0, 0.1) is 0 Å². The van der Waals surface area contributed by atoms with E-state index in [1.807, 2.05) is 30.3 Å². The maximum atomic E-state index is 12.9. The molecule has 0 spiro atoms. The van der Waals surface area contributed by atoms with Gasteiger partial charge in [-0.1, -0.05) is 42.5 Å². The fourth-order valence-corrected chi connectivity index (χ4v) is 2.57.